The number of carbonyl (C=O) groups excluding carboxylic acids is 1. The first-order chi connectivity index (χ1) is 10.3. The van der Waals surface area contributed by atoms with Crippen LogP contribution in [-0.2, 0) is 11.3 Å². The van der Waals surface area contributed by atoms with Crippen LogP contribution < -0.4 is 5.32 Å². The van der Waals surface area contributed by atoms with E-state index in [1.54, 1.807) is 0 Å². The van der Waals surface area contributed by atoms with Crippen molar-refractivity contribution < 1.29 is 9.53 Å². The number of ether oxygens (including phenoxy) is 1. The molecular formula is C18H17NO2. The standard InChI is InChI=1S/C18H17NO2/c1-2-19-18(20)21-12-17-15-9-5-3-7-13(15)11-14-8-4-6-10-16(14)17/h3-11H,2,12H2,1H3,(H,19,20). The first-order valence-electron chi connectivity index (χ1n) is 7.09. The Morgan fingerprint density at radius 1 is 1.00 bits per heavy atom. The molecule has 0 heterocycles. The van der Waals surface area contributed by atoms with E-state index < -0.39 is 0 Å². The molecular weight excluding hydrogens is 262 g/mol. The van der Waals surface area contributed by atoms with Crippen LogP contribution in [-0.4, -0.2) is 12.6 Å². The zero-order chi connectivity index (χ0) is 14.7. The first-order valence-corrected chi connectivity index (χ1v) is 7.09. The maximum Gasteiger partial charge on any atom is 0.407 e. The van der Waals surface area contributed by atoms with E-state index in [1.165, 1.54) is 0 Å². The molecule has 0 radical (unpaired) electrons. The fraction of sp³-hybridized carbons (Fsp3) is 0.167. The fourth-order valence-corrected chi connectivity index (χ4v) is 2.60. The van der Waals surface area contributed by atoms with Crippen LogP contribution in [0.15, 0.2) is 54.6 Å². The molecule has 106 valence electrons. The van der Waals surface area contributed by atoms with Gasteiger partial charge in [-0.25, -0.2) is 4.79 Å². The zero-order valence-electron chi connectivity index (χ0n) is 11.9. The number of rotatable bonds is 3. The van der Waals surface area contributed by atoms with E-state index in [9.17, 15) is 4.79 Å². The lowest BCUT2D eigenvalue weighted by Gasteiger charge is -2.12. The Hall–Kier alpha value is -2.55. The molecule has 3 rings (SSSR count). The van der Waals surface area contributed by atoms with Gasteiger partial charge in [0, 0.05) is 12.1 Å². The highest BCUT2D eigenvalue weighted by atomic mass is 16.5. The Morgan fingerprint density at radius 3 is 2.14 bits per heavy atom. The predicted octanol–water partition coefficient (Wildman–Crippen LogP) is 4.24. The molecule has 1 N–H and O–H groups in total. The average Bonchev–Trinajstić information content (AvgIpc) is 2.51. The Morgan fingerprint density at radius 2 is 1.57 bits per heavy atom. The number of alkyl carbamates (subject to hydrolysis) is 1. The summed E-state index contributed by atoms with van der Waals surface area (Å²) in [5.41, 5.74) is 1.05. The Balaban J connectivity index is 2.09. The van der Waals surface area contributed by atoms with Crippen LogP contribution in [0.3, 0.4) is 0 Å². The van der Waals surface area contributed by atoms with Crippen molar-refractivity contribution in [3.8, 4) is 0 Å². The van der Waals surface area contributed by atoms with Gasteiger partial charge >= 0.3 is 6.09 Å². The molecule has 3 aromatic rings. The second-order valence-electron chi connectivity index (χ2n) is 4.90. The molecule has 1 amide bonds. The van der Waals surface area contributed by atoms with Gasteiger partial charge in [-0.2, -0.15) is 0 Å². The fourth-order valence-electron chi connectivity index (χ4n) is 2.60. The lowest BCUT2D eigenvalue weighted by atomic mass is 9.97. The maximum atomic E-state index is 11.6. The minimum absolute atomic E-state index is 0.272. The second-order valence-corrected chi connectivity index (χ2v) is 4.90. The number of hydrogen-bond acceptors (Lipinski definition) is 2. The SMILES string of the molecule is CCNC(=O)OCc1c2ccccc2cc2ccccc12. The highest BCUT2D eigenvalue weighted by molar-refractivity contribution is 6.02. The number of benzene rings is 3. The van der Waals surface area contributed by atoms with Crippen molar-refractivity contribution in [2.24, 2.45) is 0 Å². The lowest BCUT2D eigenvalue weighted by molar-refractivity contribution is 0.141. The summed E-state index contributed by atoms with van der Waals surface area (Å²) in [6.45, 7) is 2.71. The summed E-state index contributed by atoms with van der Waals surface area (Å²) in [7, 11) is 0. The molecule has 3 aromatic carbocycles. The first kappa shape index (κ1) is 13.4. The molecule has 0 aliphatic heterocycles. The predicted molar refractivity (Wildman–Crippen MR) is 85.3 cm³/mol. The molecule has 0 unspecified atom stereocenters. The smallest absolute Gasteiger partial charge is 0.407 e. The Kier molecular flexibility index (Phi) is 3.73. The van der Waals surface area contributed by atoms with Crippen LogP contribution in [0.5, 0.6) is 0 Å². The molecule has 0 bridgehead atoms. The van der Waals surface area contributed by atoms with Gasteiger partial charge in [-0.05, 0) is 34.5 Å². The molecule has 0 fully saturated rings. The number of hydrogen-bond donors (Lipinski definition) is 1. The molecule has 3 heteroatoms. The van der Waals surface area contributed by atoms with Crippen molar-refractivity contribution >= 4 is 27.6 Å². The molecule has 3 nitrogen and oxygen atoms in total. The van der Waals surface area contributed by atoms with Gasteiger partial charge in [0.25, 0.3) is 0 Å². The third-order valence-electron chi connectivity index (χ3n) is 3.55. The minimum atomic E-state index is -0.380. The van der Waals surface area contributed by atoms with Gasteiger partial charge in [0.1, 0.15) is 6.61 Å². The quantitative estimate of drug-likeness (QED) is 0.728. The number of fused-ring (bicyclic) bond motifs is 2. The van der Waals surface area contributed by atoms with Crippen molar-refractivity contribution in [3.05, 3.63) is 60.2 Å². The van der Waals surface area contributed by atoms with Crippen molar-refractivity contribution in [1.29, 1.82) is 0 Å². The molecule has 0 aromatic heterocycles. The van der Waals surface area contributed by atoms with Crippen molar-refractivity contribution in [1.82, 2.24) is 5.32 Å². The van der Waals surface area contributed by atoms with E-state index >= 15 is 0 Å². The van der Waals surface area contributed by atoms with Crippen LogP contribution in [0, 0.1) is 0 Å². The second kappa shape index (κ2) is 5.83. The lowest BCUT2D eigenvalue weighted by Crippen LogP contribution is -2.23. The zero-order valence-corrected chi connectivity index (χ0v) is 11.9. The van der Waals surface area contributed by atoms with Crippen LogP contribution >= 0.6 is 0 Å². The molecule has 0 spiro atoms. The molecule has 0 saturated carbocycles. The maximum absolute atomic E-state index is 11.6. The van der Waals surface area contributed by atoms with Gasteiger partial charge in [0.15, 0.2) is 0 Å². The Bertz CT molecular complexity index is 741. The number of nitrogens with one attached hydrogen (secondary N) is 1. The summed E-state index contributed by atoms with van der Waals surface area (Å²) >= 11 is 0. The highest BCUT2D eigenvalue weighted by Crippen LogP contribution is 2.28. The van der Waals surface area contributed by atoms with Gasteiger partial charge in [0.2, 0.25) is 0 Å². The van der Waals surface area contributed by atoms with Gasteiger partial charge < -0.3 is 10.1 Å². The third-order valence-corrected chi connectivity index (χ3v) is 3.55. The van der Waals surface area contributed by atoms with E-state index in [2.05, 4.69) is 35.6 Å². The van der Waals surface area contributed by atoms with E-state index in [0.717, 1.165) is 27.1 Å². The van der Waals surface area contributed by atoms with E-state index in [-0.39, 0.29) is 12.7 Å². The molecule has 21 heavy (non-hydrogen) atoms. The topological polar surface area (TPSA) is 38.3 Å². The summed E-state index contributed by atoms with van der Waals surface area (Å²) < 4.78 is 5.33. The highest BCUT2D eigenvalue weighted by Gasteiger charge is 2.09. The number of amides is 1. The largest absolute Gasteiger partial charge is 0.445 e. The van der Waals surface area contributed by atoms with Gasteiger partial charge in [-0.3, -0.25) is 0 Å². The summed E-state index contributed by atoms with van der Waals surface area (Å²) in [5.74, 6) is 0. The Labute approximate surface area is 123 Å². The minimum Gasteiger partial charge on any atom is -0.445 e. The van der Waals surface area contributed by atoms with Crippen molar-refractivity contribution in [3.63, 3.8) is 0 Å². The van der Waals surface area contributed by atoms with Crippen molar-refractivity contribution in [2.75, 3.05) is 6.54 Å². The summed E-state index contributed by atoms with van der Waals surface area (Å²) in [4.78, 5) is 11.6. The molecule has 0 saturated heterocycles. The summed E-state index contributed by atoms with van der Waals surface area (Å²) in [6, 6.07) is 18.5. The number of carbonyl (C=O) groups is 1. The molecule has 0 atom stereocenters. The van der Waals surface area contributed by atoms with E-state index in [0.29, 0.717) is 6.54 Å². The van der Waals surface area contributed by atoms with Crippen LogP contribution in [0.2, 0.25) is 0 Å². The molecule has 0 aliphatic carbocycles. The van der Waals surface area contributed by atoms with Crippen LogP contribution in [0.25, 0.3) is 21.5 Å². The van der Waals surface area contributed by atoms with E-state index in [4.69, 9.17) is 4.74 Å². The molecule has 0 aliphatic rings. The summed E-state index contributed by atoms with van der Waals surface area (Å²) in [6.07, 6.45) is -0.380. The monoisotopic (exact) mass is 279 g/mol. The third kappa shape index (κ3) is 2.68. The van der Waals surface area contributed by atoms with Crippen molar-refractivity contribution in [2.45, 2.75) is 13.5 Å². The summed E-state index contributed by atoms with van der Waals surface area (Å²) in [5, 5.41) is 7.22. The van der Waals surface area contributed by atoms with Crippen LogP contribution in [0.1, 0.15) is 12.5 Å². The average molecular weight is 279 g/mol. The van der Waals surface area contributed by atoms with Crippen LogP contribution in [0.4, 0.5) is 4.79 Å². The van der Waals surface area contributed by atoms with Gasteiger partial charge in [-0.1, -0.05) is 48.5 Å². The van der Waals surface area contributed by atoms with Gasteiger partial charge in [0.05, 0.1) is 0 Å². The van der Waals surface area contributed by atoms with Gasteiger partial charge in [-0.15, -0.1) is 0 Å². The van der Waals surface area contributed by atoms with E-state index in [1.807, 2.05) is 31.2 Å². The normalized spacial score (nSPS) is 10.7.